The van der Waals surface area contributed by atoms with Gasteiger partial charge < -0.3 is 19.4 Å². The highest BCUT2D eigenvalue weighted by Gasteiger charge is 2.31. The van der Waals surface area contributed by atoms with Gasteiger partial charge in [-0.2, -0.15) is 0 Å². The molecule has 2 heterocycles. The molecule has 0 spiro atoms. The summed E-state index contributed by atoms with van der Waals surface area (Å²) in [5.41, 5.74) is 0. The van der Waals surface area contributed by atoms with Gasteiger partial charge in [0.2, 0.25) is 12.3 Å². The van der Waals surface area contributed by atoms with E-state index in [1.54, 1.807) is 9.80 Å². The number of hydrogen-bond donors (Lipinski definition) is 0. The average molecular weight is 283 g/mol. The van der Waals surface area contributed by atoms with Crippen molar-refractivity contribution in [2.75, 3.05) is 46.4 Å². The fourth-order valence-electron chi connectivity index (χ4n) is 2.74. The molecule has 0 aliphatic carbocycles. The third-order valence-corrected chi connectivity index (χ3v) is 4.05. The van der Waals surface area contributed by atoms with Crippen molar-refractivity contribution in [2.24, 2.45) is 5.92 Å². The number of carbonyl (C=O) groups is 3. The molecular formula is C13H21N3O4. The summed E-state index contributed by atoms with van der Waals surface area (Å²) in [5.74, 6) is 0.138. The highest BCUT2D eigenvalue weighted by atomic mass is 16.5. The van der Waals surface area contributed by atoms with Gasteiger partial charge in [-0.1, -0.05) is 0 Å². The summed E-state index contributed by atoms with van der Waals surface area (Å²) in [6, 6.07) is 0. The zero-order chi connectivity index (χ0) is 14.5. The zero-order valence-corrected chi connectivity index (χ0v) is 11.8. The van der Waals surface area contributed by atoms with Crippen LogP contribution < -0.4 is 0 Å². The lowest BCUT2D eigenvalue weighted by molar-refractivity contribution is -0.140. The molecule has 2 rings (SSSR count). The Kier molecular flexibility index (Phi) is 4.81. The van der Waals surface area contributed by atoms with Crippen molar-refractivity contribution in [3.8, 4) is 0 Å². The van der Waals surface area contributed by atoms with Crippen LogP contribution in [0.3, 0.4) is 0 Å². The molecule has 7 nitrogen and oxygen atoms in total. The molecule has 0 atom stereocenters. The molecule has 0 aromatic rings. The molecule has 0 aromatic heterocycles. The number of likely N-dealkylation sites (tertiary alicyclic amines) is 1. The maximum Gasteiger partial charge on any atom is 0.409 e. The van der Waals surface area contributed by atoms with E-state index < -0.39 is 0 Å². The van der Waals surface area contributed by atoms with Crippen LogP contribution in [-0.4, -0.2) is 79.5 Å². The maximum absolute atomic E-state index is 12.4. The summed E-state index contributed by atoms with van der Waals surface area (Å²) in [7, 11) is 1.37. The molecule has 0 N–H and O–H groups in total. The predicted molar refractivity (Wildman–Crippen MR) is 70.9 cm³/mol. The summed E-state index contributed by atoms with van der Waals surface area (Å²) in [6.07, 6.45) is 1.87. The van der Waals surface area contributed by atoms with Gasteiger partial charge in [-0.3, -0.25) is 9.59 Å². The third kappa shape index (κ3) is 3.20. The molecule has 112 valence electrons. The van der Waals surface area contributed by atoms with Gasteiger partial charge in [0.05, 0.1) is 7.11 Å². The van der Waals surface area contributed by atoms with E-state index >= 15 is 0 Å². The van der Waals surface area contributed by atoms with Crippen LogP contribution in [0.5, 0.6) is 0 Å². The van der Waals surface area contributed by atoms with Crippen LogP contribution in [0.25, 0.3) is 0 Å². The molecule has 3 amide bonds. The normalized spacial score (nSPS) is 20.8. The fourth-order valence-corrected chi connectivity index (χ4v) is 2.74. The molecule has 0 bridgehead atoms. The second-order valence-electron chi connectivity index (χ2n) is 5.20. The number of piperazine rings is 1. The molecular weight excluding hydrogens is 262 g/mol. The fraction of sp³-hybridized carbons (Fsp3) is 0.769. The van der Waals surface area contributed by atoms with Crippen LogP contribution in [0.1, 0.15) is 12.8 Å². The number of ether oxygens (including phenoxy) is 1. The number of methoxy groups -OCH3 is 1. The third-order valence-electron chi connectivity index (χ3n) is 4.05. The molecule has 0 aromatic carbocycles. The SMILES string of the molecule is COC(=O)N1CCC(C(=O)N2CCN(C=O)CC2)CC1. The lowest BCUT2D eigenvalue weighted by Gasteiger charge is -2.37. The molecule has 0 unspecified atom stereocenters. The lowest BCUT2D eigenvalue weighted by Crippen LogP contribution is -2.51. The number of piperidine rings is 1. The first-order valence-electron chi connectivity index (χ1n) is 6.96. The van der Waals surface area contributed by atoms with Gasteiger partial charge in [-0.25, -0.2) is 4.79 Å². The molecule has 2 aliphatic rings. The summed E-state index contributed by atoms with van der Waals surface area (Å²) >= 11 is 0. The van der Waals surface area contributed by atoms with Gasteiger partial charge in [0.1, 0.15) is 0 Å². The largest absolute Gasteiger partial charge is 0.453 e. The van der Waals surface area contributed by atoms with Crippen LogP contribution in [0.2, 0.25) is 0 Å². The number of amides is 3. The van der Waals surface area contributed by atoms with E-state index in [2.05, 4.69) is 4.74 Å². The van der Waals surface area contributed by atoms with Gasteiger partial charge >= 0.3 is 6.09 Å². The van der Waals surface area contributed by atoms with Crippen molar-refractivity contribution in [3.05, 3.63) is 0 Å². The number of hydrogen-bond acceptors (Lipinski definition) is 4. The van der Waals surface area contributed by atoms with Crippen molar-refractivity contribution in [2.45, 2.75) is 12.8 Å². The van der Waals surface area contributed by atoms with Gasteiger partial charge in [0.15, 0.2) is 0 Å². The van der Waals surface area contributed by atoms with Crippen molar-refractivity contribution in [3.63, 3.8) is 0 Å². The Bertz CT molecular complexity index is 372. The van der Waals surface area contributed by atoms with Crippen LogP contribution in [0, 0.1) is 5.92 Å². The van der Waals surface area contributed by atoms with E-state index in [9.17, 15) is 14.4 Å². The van der Waals surface area contributed by atoms with Crippen molar-refractivity contribution >= 4 is 18.4 Å². The highest BCUT2D eigenvalue weighted by molar-refractivity contribution is 5.79. The summed E-state index contributed by atoms with van der Waals surface area (Å²) in [6.45, 7) is 3.56. The summed E-state index contributed by atoms with van der Waals surface area (Å²) < 4.78 is 4.68. The number of rotatable bonds is 2. The monoisotopic (exact) mass is 283 g/mol. The number of carbonyl (C=O) groups excluding carboxylic acids is 3. The van der Waals surface area contributed by atoms with Crippen LogP contribution >= 0.6 is 0 Å². The Hall–Kier alpha value is -1.79. The molecule has 2 fully saturated rings. The minimum absolute atomic E-state index is 0.0151. The second-order valence-corrected chi connectivity index (χ2v) is 5.20. The molecule has 2 aliphatic heterocycles. The number of nitrogens with zero attached hydrogens (tertiary/aromatic N) is 3. The Balaban J connectivity index is 1.80. The first-order chi connectivity index (χ1) is 9.65. The van der Waals surface area contributed by atoms with Crippen LogP contribution in [0.4, 0.5) is 4.79 Å². The summed E-state index contributed by atoms with van der Waals surface area (Å²) in [5, 5.41) is 0. The van der Waals surface area contributed by atoms with E-state index in [0.29, 0.717) is 52.1 Å². The van der Waals surface area contributed by atoms with Crippen molar-refractivity contribution < 1.29 is 19.1 Å². The van der Waals surface area contributed by atoms with E-state index in [4.69, 9.17) is 0 Å². The molecule has 0 saturated carbocycles. The van der Waals surface area contributed by atoms with Crippen LogP contribution in [0.15, 0.2) is 0 Å². The molecule has 2 saturated heterocycles. The minimum Gasteiger partial charge on any atom is -0.453 e. The Morgan fingerprint density at radius 2 is 1.60 bits per heavy atom. The Morgan fingerprint density at radius 1 is 1.00 bits per heavy atom. The van der Waals surface area contributed by atoms with Crippen molar-refractivity contribution in [1.82, 2.24) is 14.7 Å². The molecule has 20 heavy (non-hydrogen) atoms. The summed E-state index contributed by atoms with van der Waals surface area (Å²) in [4.78, 5) is 39.6. The molecule has 0 radical (unpaired) electrons. The van der Waals surface area contributed by atoms with Gasteiger partial charge in [0, 0.05) is 45.2 Å². The smallest absolute Gasteiger partial charge is 0.409 e. The van der Waals surface area contributed by atoms with E-state index in [1.807, 2.05) is 4.90 Å². The van der Waals surface area contributed by atoms with Crippen molar-refractivity contribution in [1.29, 1.82) is 0 Å². The van der Waals surface area contributed by atoms with Crippen LogP contribution in [-0.2, 0) is 14.3 Å². The molecule has 7 heteroatoms. The highest BCUT2D eigenvalue weighted by Crippen LogP contribution is 2.20. The minimum atomic E-state index is -0.324. The first kappa shape index (κ1) is 14.6. The Labute approximate surface area is 118 Å². The Morgan fingerprint density at radius 3 is 2.10 bits per heavy atom. The van der Waals surface area contributed by atoms with E-state index in [1.165, 1.54) is 7.11 Å². The zero-order valence-electron chi connectivity index (χ0n) is 11.8. The first-order valence-corrected chi connectivity index (χ1v) is 6.96. The average Bonchev–Trinajstić information content (AvgIpc) is 2.53. The quantitative estimate of drug-likeness (QED) is 0.656. The standard InChI is InChI=1S/C13H21N3O4/c1-20-13(19)16-4-2-11(3-5-16)12(18)15-8-6-14(10-17)7-9-15/h10-11H,2-9H2,1H3. The van der Waals surface area contributed by atoms with Gasteiger partial charge in [0.25, 0.3) is 0 Å². The second kappa shape index (κ2) is 6.58. The lowest BCUT2D eigenvalue weighted by atomic mass is 9.95. The van der Waals surface area contributed by atoms with E-state index in [0.717, 1.165) is 6.41 Å². The van der Waals surface area contributed by atoms with Gasteiger partial charge in [-0.15, -0.1) is 0 Å². The predicted octanol–water partition coefficient (Wildman–Crippen LogP) is -0.235. The van der Waals surface area contributed by atoms with E-state index in [-0.39, 0.29) is 17.9 Å². The maximum atomic E-state index is 12.4. The van der Waals surface area contributed by atoms with Gasteiger partial charge in [-0.05, 0) is 12.8 Å². The topological polar surface area (TPSA) is 70.2 Å².